The van der Waals surface area contributed by atoms with E-state index in [-0.39, 0.29) is 10.8 Å². The highest BCUT2D eigenvalue weighted by Gasteiger charge is 2.08. The lowest BCUT2D eigenvalue weighted by Gasteiger charge is -2.09. The van der Waals surface area contributed by atoms with Crippen LogP contribution in [0.5, 0.6) is 11.5 Å². The SMILES string of the molecule is C=CCOc1ccc(/C=C/C(=O)Nc2cccc(S(C)(=O)=O)c2)cc1OC. The number of anilines is 1. The molecule has 2 aromatic carbocycles. The maximum atomic E-state index is 12.1. The third-order valence-corrected chi connectivity index (χ3v) is 4.61. The number of sulfone groups is 1. The largest absolute Gasteiger partial charge is 0.493 e. The molecule has 0 spiro atoms. The minimum Gasteiger partial charge on any atom is -0.493 e. The number of carbonyl (C=O) groups is 1. The molecule has 0 saturated heterocycles. The first kappa shape index (κ1) is 20.3. The Morgan fingerprint density at radius 1 is 1.19 bits per heavy atom. The number of hydrogen-bond donors (Lipinski definition) is 1. The summed E-state index contributed by atoms with van der Waals surface area (Å²) in [7, 11) is -1.80. The van der Waals surface area contributed by atoms with Crippen molar-refractivity contribution in [1.29, 1.82) is 0 Å². The molecule has 0 atom stereocenters. The van der Waals surface area contributed by atoms with Crippen LogP contribution >= 0.6 is 0 Å². The number of carbonyl (C=O) groups excluding carboxylic acids is 1. The van der Waals surface area contributed by atoms with E-state index in [4.69, 9.17) is 9.47 Å². The number of ether oxygens (including phenoxy) is 2. The Labute approximate surface area is 159 Å². The van der Waals surface area contributed by atoms with Crippen LogP contribution in [0.4, 0.5) is 5.69 Å². The molecule has 2 rings (SSSR count). The van der Waals surface area contributed by atoms with Gasteiger partial charge in [-0.1, -0.05) is 24.8 Å². The van der Waals surface area contributed by atoms with Crippen molar-refractivity contribution in [3.8, 4) is 11.5 Å². The van der Waals surface area contributed by atoms with Crippen molar-refractivity contribution in [1.82, 2.24) is 0 Å². The van der Waals surface area contributed by atoms with Gasteiger partial charge in [-0.15, -0.1) is 0 Å². The second kappa shape index (κ2) is 9.05. The summed E-state index contributed by atoms with van der Waals surface area (Å²) in [6, 6.07) is 11.4. The highest BCUT2D eigenvalue weighted by atomic mass is 32.2. The van der Waals surface area contributed by atoms with Crippen LogP contribution in [0.1, 0.15) is 5.56 Å². The van der Waals surface area contributed by atoms with Gasteiger partial charge in [0.25, 0.3) is 0 Å². The van der Waals surface area contributed by atoms with E-state index in [1.54, 1.807) is 42.5 Å². The molecule has 0 heterocycles. The molecule has 142 valence electrons. The van der Waals surface area contributed by atoms with Crippen LogP contribution < -0.4 is 14.8 Å². The van der Waals surface area contributed by atoms with E-state index >= 15 is 0 Å². The van der Waals surface area contributed by atoms with Gasteiger partial charge >= 0.3 is 0 Å². The van der Waals surface area contributed by atoms with Gasteiger partial charge in [0, 0.05) is 18.0 Å². The lowest BCUT2D eigenvalue weighted by atomic mass is 10.2. The van der Waals surface area contributed by atoms with Gasteiger partial charge in [-0.05, 0) is 42.0 Å². The highest BCUT2D eigenvalue weighted by molar-refractivity contribution is 7.90. The molecule has 0 radical (unpaired) electrons. The lowest BCUT2D eigenvalue weighted by molar-refractivity contribution is -0.111. The van der Waals surface area contributed by atoms with E-state index in [0.29, 0.717) is 23.8 Å². The fourth-order valence-corrected chi connectivity index (χ4v) is 2.88. The van der Waals surface area contributed by atoms with Crippen molar-refractivity contribution in [2.45, 2.75) is 4.90 Å². The quantitative estimate of drug-likeness (QED) is 0.555. The summed E-state index contributed by atoms with van der Waals surface area (Å²) in [5, 5.41) is 2.64. The van der Waals surface area contributed by atoms with Crippen molar-refractivity contribution < 1.29 is 22.7 Å². The van der Waals surface area contributed by atoms with E-state index in [1.807, 2.05) is 0 Å². The Morgan fingerprint density at radius 2 is 1.96 bits per heavy atom. The smallest absolute Gasteiger partial charge is 0.248 e. The van der Waals surface area contributed by atoms with Crippen LogP contribution in [0.2, 0.25) is 0 Å². The van der Waals surface area contributed by atoms with Gasteiger partial charge in [0.1, 0.15) is 6.61 Å². The topological polar surface area (TPSA) is 81.7 Å². The molecule has 0 saturated carbocycles. The number of methoxy groups -OCH3 is 1. The second-order valence-electron chi connectivity index (χ2n) is 5.63. The van der Waals surface area contributed by atoms with Gasteiger partial charge in [0.15, 0.2) is 21.3 Å². The van der Waals surface area contributed by atoms with Crippen LogP contribution in [0.15, 0.2) is 66.1 Å². The van der Waals surface area contributed by atoms with E-state index < -0.39 is 9.84 Å². The maximum absolute atomic E-state index is 12.1. The molecule has 1 N–H and O–H groups in total. The number of nitrogens with one attached hydrogen (secondary N) is 1. The maximum Gasteiger partial charge on any atom is 0.248 e. The first-order valence-corrected chi connectivity index (χ1v) is 9.93. The van der Waals surface area contributed by atoms with Gasteiger partial charge < -0.3 is 14.8 Å². The molecule has 0 aliphatic carbocycles. The number of amides is 1. The third-order valence-electron chi connectivity index (χ3n) is 3.50. The minimum absolute atomic E-state index is 0.143. The fraction of sp³-hybridized carbons (Fsp3) is 0.150. The van der Waals surface area contributed by atoms with E-state index in [2.05, 4.69) is 11.9 Å². The van der Waals surface area contributed by atoms with E-state index in [1.165, 1.54) is 25.3 Å². The third kappa shape index (κ3) is 6.00. The summed E-state index contributed by atoms with van der Waals surface area (Å²) in [4.78, 5) is 12.2. The van der Waals surface area contributed by atoms with E-state index in [0.717, 1.165) is 11.8 Å². The Morgan fingerprint density at radius 3 is 2.63 bits per heavy atom. The molecule has 0 unspecified atom stereocenters. The zero-order valence-electron chi connectivity index (χ0n) is 15.1. The minimum atomic E-state index is -3.34. The summed E-state index contributed by atoms with van der Waals surface area (Å²) in [6.45, 7) is 3.96. The van der Waals surface area contributed by atoms with Crippen LogP contribution in [-0.4, -0.2) is 34.3 Å². The van der Waals surface area contributed by atoms with Crippen LogP contribution in [0.3, 0.4) is 0 Å². The lowest BCUT2D eigenvalue weighted by Crippen LogP contribution is -2.08. The summed E-state index contributed by atoms with van der Waals surface area (Å²) < 4.78 is 33.9. The molecular formula is C20H21NO5S. The van der Waals surface area contributed by atoms with E-state index in [9.17, 15) is 13.2 Å². The second-order valence-corrected chi connectivity index (χ2v) is 7.65. The van der Waals surface area contributed by atoms with Gasteiger partial charge in [-0.2, -0.15) is 0 Å². The van der Waals surface area contributed by atoms with Crippen molar-refractivity contribution in [3.05, 3.63) is 66.8 Å². The molecule has 0 aliphatic heterocycles. The van der Waals surface area contributed by atoms with Gasteiger partial charge in [0.05, 0.1) is 12.0 Å². The molecule has 2 aromatic rings. The van der Waals surface area contributed by atoms with Crippen LogP contribution in [0.25, 0.3) is 6.08 Å². The Bertz CT molecular complexity index is 964. The molecule has 27 heavy (non-hydrogen) atoms. The normalized spacial score (nSPS) is 11.2. The molecule has 0 aliphatic rings. The zero-order valence-corrected chi connectivity index (χ0v) is 16.0. The van der Waals surface area contributed by atoms with Gasteiger partial charge in [0.2, 0.25) is 5.91 Å². The molecule has 0 aromatic heterocycles. The number of benzene rings is 2. The Kier molecular flexibility index (Phi) is 6.79. The molecule has 6 nitrogen and oxygen atoms in total. The standard InChI is InChI=1S/C20H21NO5S/c1-4-12-26-18-10-8-15(13-19(18)25-2)9-11-20(22)21-16-6-5-7-17(14-16)27(3,23)24/h4-11,13-14H,1,12H2,2-3H3,(H,21,22)/b11-9+. The summed E-state index contributed by atoms with van der Waals surface area (Å²) in [6.07, 6.45) is 5.72. The van der Waals surface area contributed by atoms with Crippen molar-refractivity contribution >= 4 is 27.5 Å². The van der Waals surface area contributed by atoms with Crippen molar-refractivity contribution in [2.24, 2.45) is 0 Å². The summed E-state index contributed by atoms with van der Waals surface area (Å²) in [5.74, 6) is 0.739. The molecule has 7 heteroatoms. The fourth-order valence-electron chi connectivity index (χ4n) is 2.22. The van der Waals surface area contributed by atoms with Crippen LogP contribution in [-0.2, 0) is 14.6 Å². The Hall–Kier alpha value is -3.06. The number of hydrogen-bond acceptors (Lipinski definition) is 5. The van der Waals surface area contributed by atoms with Crippen LogP contribution in [0, 0.1) is 0 Å². The molecular weight excluding hydrogens is 366 g/mol. The average molecular weight is 387 g/mol. The van der Waals surface area contributed by atoms with Gasteiger partial charge in [-0.3, -0.25) is 4.79 Å². The van der Waals surface area contributed by atoms with Gasteiger partial charge in [-0.25, -0.2) is 8.42 Å². The zero-order chi connectivity index (χ0) is 19.9. The van der Waals surface area contributed by atoms with Crippen molar-refractivity contribution in [2.75, 3.05) is 25.3 Å². The molecule has 0 fully saturated rings. The highest BCUT2D eigenvalue weighted by Crippen LogP contribution is 2.28. The molecule has 1 amide bonds. The monoisotopic (exact) mass is 387 g/mol. The first-order valence-electron chi connectivity index (χ1n) is 8.04. The first-order chi connectivity index (χ1) is 12.8. The average Bonchev–Trinajstić information content (AvgIpc) is 2.64. The Balaban J connectivity index is 2.09. The predicted octanol–water partition coefficient (Wildman–Crippen LogP) is 3.32. The predicted molar refractivity (Wildman–Crippen MR) is 106 cm³/mol. The summed E-state index contributed by atoms with van der Waals surface area (Å²) >= 11 is 0. The molecule has 0 bridgehead atoms. The van der Waals surface area contributed by atoms with Crippen molar-refractivity contribution in [3.63, 3.8) is 0 Å². The summed E-state index contributed by atoms with van der Waals surface area (Å²) in [5.41, 5.74) is 1.15. The number of rotatable bonds is 8.